The van der Waals surface area contributed by atoms with Crippen LogP contribution in [0.2, 0.25) is 0 Å². The van der Waals surface area contributed by atoms with Gasteiger partial charge in [0.15, 0.2) is 0 Å². The van der Waals surface area contributed by atoms with Crippen molar-refractivity contribution in [3.05, 3.63) is 22.9 Å². The molecule has 1 heterocycles. The fourth-order valence-electron chi connectivity index (χ4n) is 2.36. The first-order chi connectivity index (χ1) is 8.47. The highest BCUT2D eigenvalue weighted by atomic mass is 16.4. The van der Waals surface area contributed by atoms with Gasteiger partial charge in [-0.05, 0) is 44.7 Å². The number of nitrogens with zero attached hydrogens (tertiary/aromatic N) is 1. The lowest BCUT2D eigenvalue weighted by atomic mass is 10.1. The van der Waals surface area contributed by atoms with Crippen molar-refractivity contribution in [3.8, 4) is 0 Å². The number of aromatic carboxylic acids is 1. The van der Waals surface area contributed by atoms with Crippen molar-refractivity contribution in [3.63, 3.8) is 0 Å². The molecular weight excluding hydrogens is 228 g/mol. The molecule has 0 aliphatic heterocycles. The Morgan fingerprint density at radius 1 is 1.56 bits per heavy atom. The van der Waals surface area contributed by atoms with Gasteiger partial charge in [-0.25, -0.2) is 9.78 Å². The van der Waals surface area contributed by atoms with Crippen LogP contribution in [0.3, 0.4) is 0 Å². The highest BCUT2D eigenvalue weighted by Gasteiger charge is 2.24. The smallest absolute Gasteiger partial charge is 0.339 e. The van der Waals surface area contributed by atoms with Gasteiger partial charge in [-0.15, -0.1) is 0 Å². The fraction of sp³-hybridized carbons (Fsp3) is 0.571. The molecule has 1 atom stereocenters. The van der Waals surface area contributed by atoms with E-state index in [9.17, 15) is 9.90 Å². The van der Waals surface area contributed by atoms with Crippen molar-refractivity contribution < 1.29 is 9.90 Å². The summed E-state index contributed by atoms with van der Waals surface area (Å²) >= 11 is 0. The first-order valence-corrected chi connectivity index (χ1v) is 6.45. The van der Waals surface area contributed by atoms with Gasteiger partial charge in [-0.2, -0.15) is 0 Å². The number of carboxylic acids is 1. The van der Waals surface area contributed by atoms with Crippen LogP contribution in [-0.4, -0.2) is 22.1 Å². The Kier molecular flexibility index (Phi) is 3.55. The first kappa shape index (κ1) is 12.9. The normalized spacial score (nSPS) is 16.4. The Morgan fingerprint density at radius 2 is 2.22 bits per heavy atom. The molecular formula is C14H20N2O2. The summed E-state index contributed by atoms with van der Waals surface area (Å²) in [5.74, 6) is 0.404. The Bertz CT molecular complexity index is 467. The van der Waals surface area contributed by atoms with Crippen molar-refractivity contribution in [2.45, 2.75) is 46.1 Å². The molecule has 1 unspecified atom stereocenters. The molecule has 2 N–H and O–H groups in total. The molecule has 1 aromatic heterocycles. The monoisotopic (exact) mass is 248 g/mol. The quantitative estimate of drug-likeness (QED) is 0.840. The van der Waals surface area contributed by atoms with Crippen molar-refractivity contribution in [2.75, 3.05) is 5.32 Å². The lowest BCUT2D eigenvalue weighted by Crippen LogP contribution is -2.20. The number of hydrogen-bond acceptors (Lipinski definition) is 3. The number of rotatable bonds is 5. The Labute approximate surface area is 107 Å². The lowest BCUT2D eigenvalue weighted by molar-refractivity contribution is 0.0697. The molecule has 0 amide bonds. The molecule has 0 radical (unpaired) electrons. The summed E-state index contributed by atoms with van der Waals surface area (Å²) < 4.78 is 0. The average molecular weight is 248 g/mol. The Morgan fingerprint density at radius 3 is 2.78 bits per heavy atom. The van der Waals surface area contributed by atoms with E-state index in [4.69, 9.17) is 0 Å². The second-order valence-corrected chi connectivity index (χ2v) is 5.33. The molecule has 1 fully saturated rings. The number of carboxylic acid groups (broad SMARTS) is 1. The molecule has 0 saturated heterocycles. The molecule has 0 spiro atoms. The van der Waals surface area contributed by atoms with E-state index >= 15 is 0 Å². The van der Waals surface area contributed by atoms with Gasteiger partial charge >= 0.3 is 5.97 Å². The van der Waals surface area contributed by atoms with Gasteiger partial charge in [0.2, 0.25) is 0 Å². The molecule has 1 aromatic rings. The standard InChI is InChI=1S/C14H20N2O2/c1-8-6-9(2)15-13(12(8)14(17)18)16-10(3)7-11-4-5-11/h6,10-11H,4-5,7H2,1-3H3,(H,15,16)(H,17,18). The average Bonchev–Trinajstić information content (AvgIpc) is 2.98. The van der Waals surface area contributed by atoms with Gasteiger partial charge in [-0.1, -0.05) is 12.8 Å². The topological polar surface area (TPSA) is 62.2 Å². The largest absolute Gasteiger partial charge is 0.478 e. The number of aromatic nitrogens is 1. The van der Waals surface area contributed by atoms with E-state index in [0.29, 0.717) is 11.4 Å². The minimum atomic E-state index is -0.916. The lowest BCUT2D eigenvalue weighted by Gasteiger charge is -2.17. The maximum atomic E-state index is 11.3. The number of carbonyl (C=O) groups is 1. The maximum absolute atomic E-state index is 11.3. The highest BCUT2D eigenvalue weighted by Crippen LogP contribution is 2.34. The minimum absolute atomic E-state index is 0.268. The van der Waals surface area contributed by atoms with E-state index in [-0.39, 0.29) is 6.04 Å². The minimum Gasteiger partial charge on any atom is -0.478 e. The van der Waals surface area contributed by atoms with Gasteiger partial charge in [-0.3, -0.25) is 0 Å². The molecule has 4 nitrogen and oxygen atoms in total. The van der Waals surface area contributed by atoms with E-state index in [0.717, 1.165) is 23.6 Å². The first-order valence-electron chi connectivity index (χ1n) is 6.45. The van der Waals surface area contributed by atoms with Crippen molar-refractivity contribution in [1.82, 2.24) is 4.98 Å². The predicted molar refractivity (Wildman–Crippen MR) is 71.1 cm³/mol. The SMILES string of the molecule is Cc1cc(C)c(C(=O)O)c(NC(C)CC2CC2)n1. The third kappa shape index (κ3) is 3.00. The van der Waals surface area contributed by atoms with E-state index in [1.807, 2.05) is 13.8 Å². The summed E-state index contributed by atoms with van der Waals surface area (Å²) in [5, 5.41) is 12.5. The van der Waals surface area contributed by atoms with Gasteiger partial charge in [0, 0.05) is 11.7 Å². The van der Waals surface area contributed by atoms with Crippen LogP contribution < -0.4 is 5.32 Å². The summed E-state index contributed by atoms with van der Waals surface area (Å²) in [6.45, 7) is 5.79. The number of hydrogen-bond donors (Lipinski definition) is 2. The Hall–Kier alpha value is -1.58. The van der Waals surface area contributed by atoms with Gasteiger partial charge in [0.25, 0.3) is 0 Å². The van der Waals surface area contributed by atoms with Crippen molar-refractivity contribution in [1.29, 1.82) is 0 Å². The summed E-state index contributed by atoms with van der Waals surface area (Å²) in [5.41, 5.74) is 1.90. The summed E-state index contributed by atoms with van der Waals surface area (Å²) in [4.78, 5) is 15.6. The van der Waals surface area contributed by atoms with Crippen LogP contribution in [0.25, 0.3) is 0 Å². The molecule has 0 aromatic carbocycles. The molecule has 2 rings (SSSR count). The second kappa shape index (κ2) is 4.96. The van der Waals surface area contributed by atoms with Crippen LogP contribution in [0, 0.1) is 19.8 Å². The Balaban J connectivity index is 2.21. The van der Waals surface area contributed by atoms with Crippen LogP contribution in [0.5, 0.6) is 0 Å². The summed E-state index contributed by atoms with van der Waals surface area (Å²) in [6.07, 6.45) is 3.70. The van der Waals surface area contributed by atoms with Crippen molar-refractivity contribution >= 4 is 11.8 Å². The van der Waals surface area contributed by atoms with Crippen LogP contribution >= 0.6 is 0 Å². The predicted octanol–water partition coefficient (Wildman–Crippen LogP) is 3.00. The van der Waals surface area contributed by atoms with E-state index in [2.05, 4.69) is 17.2 Å². The second-order valence-electron chi connectivity index (χ2n) is 5.33. The zero-order valence-electron chi connectivity index (χ0n) is 11.2. The molecule has 18 heavy (non-hydrogen) atoms. The zero-order chi connectivity index (χ0) is 13.3. The number of nitrogens with one attached hydrogen (secondary N) is 1. The van der Waals surface area contributed by atoms with Crippen molar-refractivity contribution in [2.24, 2.45) is 5.92 Å². The maximum Gasteiger partial charge on any atom is 0.339 e. The third-order valence-corrected chi connectivity index (χ3v) is 3.33. The van der Waals surface area contributed by atoms with E-state index in [1.54, 1.807) is 6.07 Å². The number of pyridine rings is 1. The summed E-state index contributed by atoms with van der Waals surface area (Å²) in [7, 11) is 0. The number of aryl methyl sites for hydroxylation is 2. The molecule has 1 saturated carbocycles. The third-order valence-electron chi connectivity index (χ3n) is 3.33. The molecule has 98 valence electrons. The molecule has 1 aliphatic rings. The van der Waals surface area contributed by atoms with Gasteiger partial charge in [0.05, 0.1) is 0 Å². The fourth-order valence-corrected chi connectivity index (χ4v) is 2.36. The van der Waals surface area contributed by atoms with E-state index < -0.39 is 5.97 Å². The van der Waals surface area contributed by atoms with E-state index in [1.165, 1.54) is 12.8 Å². The van der Waals surface area contributed by atoms with Crippen LogP contribution in [0.15, 0.2) is 6.07 Å². The van der Waals surface area contributed by atoms with Gasteiger partial charge in [0.1, 0.15) is 11.4 Å². The van der Waals surface area contributed by atoms with Gasteiger partial charge < -0.3 is 10.4 Å². The number of anilines is 1. The molecule has 4 heteroatoms. The van der Waals surface area contributed by atoms with Crippen LogP contribution in [0.4, 0.5) is 5.82 Å². The molecule has 0 bridgehead atoms. The zero-order valence-corrected chi connectivity index (χ0v) is 11.2. The molecule has 1 aliphatic carbocycles. The van der Waals surface area contributed by atoms with Crippen LogP contribution in [-0.2, 0) is 0 Å². The highest BCUT2D eigenvalue weighted by molar-refractivity contribution is 5.94. The van der Waals surface area contributed by atoms with Crippen LogP contribution in [0.1, 0.15) is 47.8 Å². The summed E-state index contributed by atoms with van der Waals surface area (Å²) in [6, 6.07) is 2.07.